The molecule has 1 heterocycles. The molecule has 1 aliphatic heterocycles. The molecule has 3 aromatic carbocycles. The molecule has 1 aliphatic carbocycles. The Morgan fingerprint density at radius 3 is 2.35 bits per heavy atom. The minimum absolute atomic E-state index is 0.207. The fourth-order valence-corrected chi connectivity index (χ4v) is 5.50. The number of carbonyl (C=O) groups is 1. The Morgan fingerprint density at radius 2 is 1.68 bits per heavy atom. The number of hydrogen-bond donors (Lipinski definition) is 0. The van der Waals surface area contributed by atoms with Crippen molar-refractivity contribution < 1.29 is 22.7 Å². The maximum Gasteiger partial charge on any atom is 0.242 e. The number of carbonyl (C=O) groups excluding carboxylic acids is 1. The Kier molecular flexibility index (Phi) is 5.49. The van der Waals surface area contributed by atoms with Crippen LogP contribution < -0.4 is 9.47 Å². The predicted octanol–water partition coefficient (Wildman–Crippen LogP) is 4.48. The zero-order valence-electron chi connectivity index (χ0n) is 19.5. The molecule has 7 heteroatoms. The summed E-state index contributed by atoms with van der Waals surface area (Å²) in [6, 6.07) is 18.7. The fourth-order valence-electron chi connectivity index (χ4n) is 4.59. The smallest absolute Gasteiger partial charge is 0.242 e. The molecule has 6 nitrogen and oxygen atoms in total. The third-order valence-electron chi connectivity index (χ3n) is 6.95. The Hall–Kier alpha value is -3.16. The number of rotatable bonds is 7. The monoisotopic (exact) mass is 477 g/mol. The van der Waals surface area contributed by atoms with Crippen molar-refractivity contribution in [1.29, 1.82) is 0 Å². The van der Waals surface area contributed by atoms with Crippen LogP contribution in [0.5, 0.6) is 11.5 Å². The molecule has 0 spiro atoms. The van der Waals surface area contributed by atoms with E-state index in [1.54, 1.807) is 12.1 Å². The normalized spacial score (nSPS) is 16.0. The summed E-state index contributed by atoms with van der Waals surface area (Å²) in [5, 5.41) is 0. The highest BCUT2D eigenvalue weighted by Gasteiger charge is 2.50. The van der Waals surface area contributed by atoms with E-state index >= 15 is 0 Å². The molecule has 0 aromatic heterocycles. The number of Topliss-reactive ketones (excluding diaryl/α,β-unsaturated/α-hetero) is 1. The van der Waals surface area contributed by atoms with E-state index in [2.05, 4.69) is 0 Å². The van der Waals surface area contributed by atoms with E-state index in [1.807, 2.05) is 55.5 Å². The number of fused-ring (bicyclic) bond motifs is 1. The van der Waals surface area contributed by atoms with Gasteiger partial charge in [0.15, 0.2) is 11.5 Å². The van der Waals surface area contributed by atoms with E-state index in [1.165, 1.54) is 18.4 Å². The number of ether oxygens (including phenoxy) is 2. The van der Waals surface area contributed by atoms with Crippen molar-refractivity contribution in [3.63, 3.8) is 0 Å². The van der Waals surface area contributed by atoms with Crippen molar-refractivity contribution in [3.8, 4) is 22.6 Å². The molecule has 0 amide bonds. The van der Waals surface area contributed by atoms with Gasteiger partial charge in [-0.1, -0.05) is 36.4 Å². The van der Waals surface area contributed by atoms with Crippen molar-refractivity contribution in [2.75, 3.05) is 20.9 Å². The second kappa shape index (κ2) is 8.25. The molecule has 0 bridgehead atoms. The van der Waals surface area contributed by atoms with Crippen LogP contribution in [0.2, 0.25) is 0 Å². The summed E-state index contributed by atoms with van der Waals surface area (Å²) in [6.45, 7) is 2.23. The molecule has 0 unspecified atom stereocenters. The van der Waals surface area contributed by atoms with E-state index in [0.717, 1.165) is 46.4 Å². The SMILES string of the molecule is Cc1c(CC(=O)C2(c3ccc4c(c3)OCO4)CC2)cccc1-c1ccc(S(=O)(=O)N(C)C)cc1. The van der Waals surface area contributed by atoms with Crippen LogP contribution in [0.3, 0.4) is 0 Å². The van der Waals surface area contributed by atoms with E-state index in [4.69, 9.17) is 9.47 Å². The minimum Gasteiger partial charge on any atom is -0.454 e. The Morgan fingerprint density at radius 1 is 0.971 bits per heavy atom. The molecule has 3 aromatic rings. The van der Waals surface area contributed by atoms with Crippen molar-refractivity contribution in [3.05, 3.63) is 77.4 Å². The Labute approximate surface area is 200 Å². The summed E-state index contributed by atoms with van der Waals surface area (Å²) in [6.07, 6.45) is 2.03. The van der Waals surface area contributed by atoms with E-state index < -0.39 is 15.4 Å². The van der Waals surface area contributed by atoms with Crippen LogP contribution in [0.4, 0.5) is 0 Å². The van der Waals surface area contributed by atoms with Crippen molar-refractivity contribution in [2.45, 2.75) is 36.5 Å². The highest BCUT2D eigenvalue weighted by atomic mass is 32.2. The zero-order valence-corrected chi connectivity index (χ0v) is 20.3. The largest absolute Gasteiger partial charge is 0.454 e. The molecule has 2 aliphatic rings. The zero-order chi connectivity index (χ0) is 24.1. The average Bonchev–Trinajstić information content (AvgIpc) is 3.51. The van der Waals surface area contributed by atoms with Gasteiger partial charge in [-0.2, -0.15) is 0 Å². The molecule has 176 valence electrons. The Balaban J connectivity index is 1.40. The van der Waals surface area contributed by atoms with Crippen LogP contribution >= 0.6 is 0 Å². The minimum atomic E-state index is -3.48. The number of benzene rings is 3. The van der Waals surface area contributed by atoms with Crippen molar-refractivity contribution >= 4 is 15.8 Å². The van der Waals surface area contributed by atoms with Gasteiger partial charge in [-0.05, 0) is 71.8 Å². The molecule has 5 rings (SSSR count). The standard InChI is InChI=1S/C27H27NO5S/c1-18-20(5-4-6-23(18)19-7-10-22(11-8-19)34(30,31)28(2)3)15-26(29)27(13-14-27)21-9-12-24-25(16-21)33-17-32-24/h4-12,16H,13-15,17H2,1-3H3. The first-order chi connectivity index (χ1) is 16.2. The van der Waals surface area contributed by atoms with Crippen LogP contribution in [-0.4, -0.2) is 39.4 Å². The third-order valence-corrected chi connectivity index (χ3v) is 8.78. The second-order valence-corrected chi connectivity index (χ2v) is 11.3. The van der Waals surface area contributed by atoms with Gasteiger partial charge < -0.3 is 9.47 Å². The van der Waals surface area contributed by atoms with Gasteiger partial charge in [0.2, 0.25) is 16.8 Å². The molecule has 1 saturated carbocycles. The van der Waals surface area contributed by atoms with Gasteiger partial charge in [-0.3, -0.25) is 4.79 Å². The van der Waals surface area contributed by atoms with Gasteiger partial charge >= 0.3 is 0 Å². The van der Waals surface area contributed by atoms with Gasteiger partial charge in [0, 0.05) is 20.5 Å². The molecule has 0 N–H and O–H groups in total. The highest BCUT2D eigenvalue weighted by Crippen LogP contribution is 2.51. The first kappa shape index (κ1) is 22.6. The summed E-state index contributed by atoms with van der Waals surface area (Å²) in [4.78, 5) is 13.7. The fraction of sp³-hybridized carbons (Fsp3) is 0.296. The second-order valence-electron chi connectivity index (χ2n) is 9.15. The molecule has 0 radical (unpaired) electrons. The lowest BCUT2D eigenvalue weighted by molar-refractivity contribution is -0.120. The van der Waals surface area contributed by atoms with Crippen LogP contribution in [0.25, 0.3) is 11.1 Å². The first-order valence-electron chi connectivity index (χ1n) is 11.3. The lowest BCUT2D eigenvalue weighted by Gasteiger charge is -2.17. The molecular formula is C27H27NO5S. The maximum atomic E-state index is 13.5. The van der Waals surface area contributed by atoms with Crippen LogP contribution in [-0.2, 0) is 26.7 Å². The molecular weight excluding hydrogens is 450 g/mol. The predicted molar refractivity (Wildman–Crippen MR) is 130 cm³/mol. The summed E-state index contributed by atoms with van der Waals surface area (Å²) in [5.74, 6) is 1.63. The highest BCUT2D eigenvalue weighted by molar-refractivity contribution is 7.89. The van der Waals surface area contributed by atoms with Gasteiger partial charge in [0.1, 0.15) is 5.78 Å². The topological polar surface area (TPSA) is 72.9 Å². The van der Waals surface area contributed by atoms with E-state index in [-0.39, 0.29) is 17.5 Å². The van der Waals surface area contributed by atoms with Crippen LogP contribution in [0.1, 0.15) is 29.5 Å². The first-order valence-corrected chi connectivity index (χ1v) is 12.7. The maximum absolute atomic E-state index is 13.5. The number of nitrogens with zero attached hydrogens (tertiary/aromatic N) is 1. The molecule has 0 saturated heterocycles. The number of hydrogen-bond acceptors (Lipinski definition) is 5. The van der Waals surface area contributed by atoms with Crippen LogP contribution in [0.15, 0.2) is 65.6 Å². The van der Waals surface area contributed by atoms with Crippen molar-refractivity contribution in [2.24, 2.45) is 0 Å². The van der Waals surface area contributed by atoms with E-state index in [9.17, 15) is 13.2 Å². The average molecular weight is 478 g/mol. The summed E-state index contributed by atoms with van der Waals surface area (Å²) in [7, 11) is -0.442. The van der Waals surface area contributed by atoms with Gasteiger partial charge in [0.25, 0.3) is 0 Å². The van der Waals surface area contributed by atoms with Gasteiger partial charge in [-0.15, -0.1) is 0 Å². The molecule has 1 fully saturated rings. The molecule has 34 heavy (non-hydrogen) atoms. The number of sulfonamides is 1. The van der Waals surface area contributed by atoms with E-state index in [0.29, 0.717) is 12.2 Å². The van der Waals surface area contributed by atoms with Gasteiger partial charge in [-0.25, -0.2) is 12.7 Å². The van der Waals surface area contributed by atoms with Gasteiger partial charge in [0.05, 0.1) is 10.3 Å². The quantitative estimate of drug-likeness (QED) is 0.502. The summed E-state index contributed by atoms with van der Waals surface area (Å²) in [5.41, 5.74) is 4.47. The number of ketones is 1. The lowest BCUT2D eigenvalue weighted by Crippen LogP contribution is -2.23. The third kappa shape index (κ3) is 3.79. The lowest BCUT2D eigenvalue weighted by atomic mass is 9.86. The molecule has 0 atom stereocenters. The summed E-state index contributed by atoms with van der Waals surface area (Å²) >= 11 is 0. The van der Waals surface area contributed by atoms with Crippen LogP contribution in [0, 0.1) is 6.92 Å². The van der Waals surface area contributed by atoms with Crippen molar-refractivity contribution in [1.82, 2.24) is 4.31 Å². The Bertz CT molecular complexity index is 1370. The summed E-state index contributed by atoms with van der Waals surface area (Å²) < 4.78 is 36.9.